The van der Waals surface area contributed by atoms with E-state index < -0.39 is 0 Å². The Morgan fingerprint density at radius 1 is 1.45 bits per heavy atom. The van der Waals surface area contributed by atoms with Crippen LogP contribution in [0.25, 0.3) is 0 Å². The number of piperidine rings is 1. The van der Waals surface area contributed by atoms with Crippen LogP contribution in [0.4, 0.5) is 0 Å². The van der Waals surface area contributed by atoms with Crippen molar-refractivity contribution in [3.05, 3.63) is 23.3 Å². The van der Waals surface area contributed by atoms with Gasteiger partial charge in [0.1, 0.15) is 11.5 Å². The van der Waals surface area contributed by atoms with Gasteiger partial charge in [0, 0.05) is 37.9 Å². The molecular weight excluding hydrogens is 282 g/mol. The normalized spacial score (nSPS) is 21.9. The monoisotopic (exact) mass is 307 g/mol. The van der Waals surface area contributed by atoms with Crippen LogP contribution < -0.4 is 0 Å². The first-order chi connectivity index (χ1) is 10.5. The Labute approximate surface area is 131 Å². The molecule has 122 valence electrons. The Balaban J connectivity index is 2.15. The molecule has 1 N–H and O–H groups in total. The minimum absolute atomic E-state index is 0.0714. The summed E-state index contributed by atoms with van der Waals surface area (Å²) in [4.78, 5) is 23.0. The van der Waals surface area contributed by atoms with Crippen LogP contribution >= 0.6 is 0 Å². The number of rotatable bonds is 5. The highest BCUT2D eigenvalue weighted by Gasteiger charge is 2.37. The third-order valence-electron chi connectivity index (χ3n) is 4.31. The van der Waals surface area contributed by atoms with Gasteiger partial charge in [-0.2, -0.15) is 0 Å². The van der Waals surface area contributed by atoms with Gasteiger partial charge in [0.05, 0.1) is 6.61 Å². The summed E-state index contributed by atoms with van der Waals surface area (Å²) in [5.74, 6) is 0.525. The maximum Gasteiger partial charge on any atom is 0.272 e. The van der Waals surface area contributed by atoms with Crippen LogP contribution in [0, 0.1) is 19.3 Å². The van der Waals surface area contributed by atoms with E-state index >= 15 is 0 Å². The first-order valence-electron chi connectivity index (χ1n) is 7.71. The molecule has 1 aliphatic heterocycles. The SMILES string of the molecule is COCC[C@@]1(CO)CCCN(C(=O)c2cc(C)nc(C)n2)C1. The lowest BCUT2D eigenvalue weighted by atomic mass is 9.78. The summed E-state index contributed by atoms with van der Waals surface area (Å²) in [5.41, 5.74) is 0.965. The summed E-state index contributed by atoms with van der Waals surface area (Å²) in [5, 5.41) is 9.81. The molecule has 1 aromatic heterocycles. The lowest BCUT2D eigenvalue weighted by Crippen LogP contribution is -2.48. The number of amides is 1. The van der Waals surface area contributed by atoms with E-state index in [1.807, 2.05) is 6.92 Å². The number of aliphatic hydroxyl groups is 1. The van der Waals surface area contributed by atoms with Gasteiger partial charge in [0.25, 0.3) is 5.91 Å². The fraction of sp³-hybridized carbons (Fsp3) is 0.688. The molecule has 6 heteroatoms. The van der Waals surface area contributed by atoms with Crippen LogP contribution in [0.5, 0.6) is 0 Å². The van der Waals surface area contributed by atoms with Crippen molar-refractivity contribution in [1.82, 2.24) is 14.9 Å². The molecule has 0 unspecified atom stereocenters. The molecule has 22 heavy (non-hydrogen) atoms. The van der Waals surface area contributed by atoms with Gasteiger partial charge in [0.2, 0.25) is 0 Å². The summed E-state index contributed by atoms with van der Waals surface area (Å²) >= 11 is 0. The first-order valence-corrected chi connectivity index (χ1v) is 7.71. The molecule has 6 nitrogen and oxygen atoms in total. The number of hydrogen-bond donors (Lipinski definition) is 1. The molecule has 1 aliphatic rings. The Bertz CT molecular complexity index is 515. The van der Waals surface area contributed by atoms with Gasteiger partial charge >= 0.3 is 0 Å². The molecule has 0 bridgehead atoms. The number of aryl methyl sites for hydroxylation is 2. The van der Waals surface area contributed by atoms with Gasteiger partial charge in [0.15, 0.2) is 0 Å². The Kier molecular flexibility index (Phi) is 5.47. The third kappa shape index (κ3) is 3.81. The third-order valence-corrected chi connectivity index (χ3v) is 4.31. The van der Waals surface area contributed by atoms with Gasteiger partial charge in [-0.25, -0.2) is 9.97 Å². The molecule has 0 saturated carbocycles. The smallest absolute Gasteiger partial charge is 0.272 e. The number of carbonyl (C=O) groups is 1. The number of methoxy groups -OCH3 is 1. The van der Waals surface area contributed by atoms with E-state index in [1.54, 1.807) is 25.0 Å². The van der Waals surface area contributed by atoms with Crippen LogP contribution in [0.15, 0.2) is 6.07 Å². The molecule has 1 fully saturated rings. The highest BCUT2D eigenvalue weighted by Crippen LogP contribution is 2.33. The maximum absolute atomic E-state index is 12.7. The number of carbonyl (C=O) groups excluding carboxylic acids is 1. The fourth-order valence-corrected chi connectivity index (χ4v) is 3.10. The van der Waals surface area contributed by atoms with Crippen LogP contribution in [0.2, 0.25) is 0 Å². The summed E-state index contributed by atoms with van der Waals surface area (Å²) in [6, 6.07) is 1.72. The molecular formula is C16H25N3O3. The van der Waals surface area contributed by atoms with Gasteiger partial charge in [-0.05, 0) is 39.2 Å². The van der Waals surface area contributed by atoms with Gasteiger partial charge in [-0.1, -0.05) is 0 Å². The zero-order valence-corrected chi connectivity index (χ0v) is 13.6. The Hall–Kier alpha value is -1.53. The summed E-state index contributed by atoms with van der Waals surface area (Å²) in [6.45, 7) is 5.56. The fourth-order valence-electron chi connectivity index (χ4n) is 3.10. The number of aliphatic hydroxyl groups excluding tert-OH is 1. The number of nitrogens with zero attached hydrogens (tertiary/aromatic N) is 3. The molecule has 1 amide bonds. The number of likely N-dealkylation sites (tertiary alicyclic amines) is 1. The van der Waals surface area contributed by atoms with Crippen molar-refractivity contribution in [2.75, 3.05) is 33.4 Å². The average Bonchev–Trinajstić information content (AvgIpc) is 2.51. The lowest BCUT2D eigenvalue weighted by Gasteiger charge is -2.41. The van der Waals surface area contributed by atoms with Crippen LogP contribution in [0.1, 0.15) is 41.3 Å². The summed E-state index contributed by atoms with van der Waals surface area (Å²) in [7, 11) is 1.66. The van der Waals surface area contributed by atoms with Crippen molar-refractivity contribution in [2.24, 2.45) is 5.41 Å². The zero-order valence-electron chi connectivity index (χ0n) is 13.6. The van der Waals surface area contributed by atoms with Crippen LogP contribution in [-0.2, 0) is 4.74 Å². The predicted octanol–water partition coefficient (Wildman–Crippen LogP) is 1.34. The quantitative estimate of drug-likeness (QED) is 0.888. The van der Waals surface area contributed by atoms with Crippen LogP contribution in [-0.4, -0.2) is 59.3 Å². The number of aromatic nitrogens is 2. The van der Waals surface area contributed by atoms with E-state index in [4.69, 9.17) is 4.74 Å². The van der Waals surface area contributed by atoms with Crippen molar-refractivity contribution in [3.8, 4) is 0 Å². The van der Waals surface area contributed by atoms with Crippen molar-refractivity contribution >= 4 is 5.91 Å². The summed E-state index contributed by atoms with van der Waals surface area (Å²) < 4.78 is 5.15. The topological polar surface area (TPSA) is 75.6 Å². The molecule has 0 spiro atoms. The highest BCUT2D eigenvalue weighted by atomic mass is 16.5. The molecule has 2 rings (SSSR count). The van der Waals surface area contributed by atoms with E-state index in [2.05, 4.69) is 9.97 Å². The largest absolute Gasteiger partial charge is 0.396 e. The van der Waals surface area contributed by atoms with Crippen molar-refractivity contribution in [3.63, 3.8) is 0 Å². The number of ether oxygens (including phenoxy) is 1. The van der Waals surface area contributed by atoms with Crippen molar-refractivity contribution in [2.45, 2.75) is 33.1 Å². The maximum atomic E-state index is 12.7. The second-order valence-electron chi connectivity index (χ2n) is 6.17. The molecule has 0 aromatic carbocycles. The van der Waals surface area contributed by atoms with E-state index in [0.717, 1.165) is 25.0 Å². The second-order valence-corrected chi connectivity index (χ2v) is 6.17. The average molecular weight is 307 g/mol. The van der Waals surface area contributed by atoms with Gasteiger partial charge < -0.3 is 14.7 Å². The second kappa shape index (κ2) is 7.15. The van der Waals surface area contributed by atoms with Gasteiger partial charge in [-0.15, -0.1) is 0 Å². The van der Waals surface area contributed by atoms with E-state index in [-0.39, 0.29) is 17.9 Å². The minimum atomic E-state index is -0.263. The molecule has 0 aliphatic carbocycles. The lowest BCUT2D eigenvalue weighted by molar-refractivity contribution is 0.00871. The van der Waals surface area contributed by atoms with Crippen molar-refractivity contribution in [1.29, 1.82) is 0 Å². The van der Waals surface area contributed by atoms with E-state index in [9.17, 15) is 9.90 Å². The van der Waals surface area contributed by atoms with Crippen LogP contribution in [0.3, 0.4) is 0 Å². The molecule has 1 atom stereocenters. The predicted molar refractivity (Wildman–Crippen MR) is 82.7 cm³/mol. The summed E-state index contributed by atoms with van der Waals surface area (Å²) in [6.07, 6.45) is 2.56. The van der Waals surface area contributed by atoms with E-state index in [0.29, 0.717) is 31.2 Å². The minimum Gasteiger partial charge on any atom is -0.396 e. The highest BCUT2D eigenvalue weighted by molar-refractivity contribution is 5.92. The molecule has 0 radical (unpaired) electrons. The molecule has 1 aromatic rings. The van der Waals surface area contributed by atoms with Crippen molar-refractivity contribution < 1.29 is 14.6 Å². The zero-order chi connectivity index (χ0) is 16.2. The Morgan fingerprint density at radius 3 is 2.86 bits per heavy atom. The molecule has 1 saturated heterocycles. The van der Waals surface area contributed by atoms with Gasteiger partial charge in [-0.3, -0.25) is 4.79 Å². The molecule has 2 heterocycles. The number of hydrogen-bond acceptors (Lipinski definition) is 5. The standard InChI is InChI=1S/C16H25N3O3/c1-12-9-14(18-13(2)17-12)15(21)19-7-4-5-16(10-19,11-20)6-8-22-3/h9,20H,4-8,10-11H2,1-3H3/t16-/m0/s1. The Morgan fingerprint density at radius 2 is 2.23 bits per heavy atom. The van der Waals surface area contributed by atoms with E-state index in [1.165, 1.54) is 0 Å². The first kappa shape index (κ1) is 16.8.